The monoisotopic (exact) mass is 142 g/mol. The Morgan fingerprint density at radius 2 is 1.70 bits per heavy atom. The first-order valence-electron chi connectivity index (χ1n) is 4.03. The molecule has 0 unspecified atom stereocenters. The van der Waals surface area contributed by atoms with Gasteiger partial charge in [-0.3, -0.25) is 5.01 Å². The maximum atomic E-state index is 4.38. The zero-order valence-electron chi connectivity index (χ0n) is 7.52. The Hall–Kier alpha value is -0.530. The van der Waals surface area contributed by atoms with Crippen molar-refractivity contribution in [3.8, 4) is 0 Å². The predicted octanol–water partition coefficient (Wildman–Crippen LogP) is 2.11. The van der Waals surface area contributed by atoms with Gasteiger partial charge in [-0.1, -0.05) is 6.92 Å². The van der Waals surface area contributed by atoms with E-state index in [4.69, 9.17) is 0 Å². The minimum Gasteiger partial charge on any atom is -0.298 e. The van der Waals surface area contributed by atoms with Gasteiger partial charge in [0, 0.05) is 18.8 Å². The van der Waals surface area contributed by atoms with Gasteiger partial charge in [0.1, 0.15) is 0 Å². The molecular formula is C8H18N2. The zero-order chi connectivity index (χ0) is 7.98. The van der Waals surface area contributed by atoms with Crippen molar-refractivity contribution in [3.63, 3.8) is 0 Å². The van der Waals surface area contributed by atoms with Gasteiger partial charge in [-0.05, 0) is 27.2 Å². The van der Waals surface area contributed by atoms with Gasteiger partial charge in [-0.2, -0.15) is 5.10 Å². The molecule has 0 spiro atoms. The van der Waals surface area contributed by atoms with Gasteiger partial charge in [0.25, 0.3) is 0 Å². The minimum atomic E-state index is 1.01. The van der Waals surface area contributed by atoms with Crippen molar-refractivity contribution < 1.29 is 0 Å². The standard InChI is InChI=1S/C8H18N2/c1-5-8(4)9-10(6-2)7-3/h5-7H2,1-4H3/b9-8-. The molecule has 10 heavy (non-hydrogen) atoms. The fourth-order valence-corrected chi connectivity index (χ4v) is 0.677. The SMILES string of the molecule is CC/C(C)=N\N(CC)CC. The lowest BCUT2D eigenvalue weighted by molar-refractivity contribution is 0.320. The number of hydrogen-bond acceptors (Lipinski definition) is 2. The Labute approximate surface area is 63.9 Å². The van der Waals surface area contributed by atoms with Crippen molar-refractivity contribution in [2.45, 2.75) is 34.1 Å². The smallest absolute Gasteiger partial charge is 0.0347 e. The zero-order valence-corrected chi connectivity index (χ0v) is 7.52. The summed E-state index contributed by atoms with van der Waals surface area (Å²) in [5, 5.41) is 6.45. The van der Waals surface area contributed by atoms with E-state index in [2.05, 4.69) is 37.8 Å². The third-order valence-electron chi connectivity index (χ3n) is 1.55. The lowest BCUT2D eigenvalue weighted by Crippen LogP contribution is -2.17. The number of hydrogen-bond donors (Lipinski definition) is 0. The average Bonchev–Trinajstić information content (AvgIpc) is 1.99. The molecule has 0 aromatic heterocycles. The van der Waals surface area contributed by atoms with E-state index < -0.39 is 0 Å². The molecule has 2 nitrogen and oxygen atoms in total. The fraction of sp³-hybridized carbons (Fsp3) is 0.875. The van der Waals surface area contributed by atoms with Crippen molar-refractivity contribution in [2.24, 2.45) is 5.10 Å². The lowest BCUT2D eigenvalue weighted by atomic mass is 10.3. The highest BCUT2D eigenvalue weighted by Crippen LogP contribution is 1.91. The van der Waals surface area contributed by atoms with E-state index in [-0.39, 0.29) is 0 Å². The summed E-state index contributed by atoms with van der Waals surface area (Å²) in [5.41, 5.74) is 1.21. The summed E-state index contributed by atoms with van der Waals surface area (Å²) in [6, 6.07) is 0. The predicted molar refractivity (Wildman–Crippen MR) is 46.3 cm³/mol. The first-order valence-corrected chi connectivity index (χ1v) is 4.03. The lowest BCUT2D eigenvalue weighted by Gasteiger charge is -2.14. The third-order valence-corrected chi connectivity index (χ3v) is 1.55. The van der Waals surface area contributed by atoms with Crippen molar-refractivity contribution in [2.75, 3.05) is 13.1 Å². The van der Waals surface area contributed by atoms with Crippen LogP contribution in [0.15, 0.2) is 5.10 Å². The molecular weight excluding hydrogens is 124 g/mol. The maximum Gasteiger partial charge on any atom is 0.0347 e. The molecule has 0 saturated carbocycles. The maximum absolute atomic E-state index is 4.38. The van der Waals surface area contributed by atoms with E-state index in [0.717, 1.165) is 19.5 Å². The second kappa shape index (κ2) is 5.27. The summed E-state index contributed by atoms with van der Waals surface area (Å²) in [6.07, 6.45) is 1.05. The third kappa shape index (κ3) is 3.49. The van der Waals surface area contributed by atoms with Gasteiger partial charge in [-0.25, -0.2) is 0 Å². The van der Waals surface area contributed by atoms with Crippen LogP contribution in [0.1, 0.15) is 34.1 Å². The summed E-state index contributed by atoms with van der Waals surface area (Å²) in [6.45, 7) is 10.5. The number of rotatable bonds is 4. The van der Waals surface area contributed by atoms with E-state index in [1.54, 1.807) is 0 Å². The highest BCUT2D eigenvalue weighted by atomic mass is 15.4. The molecule has 2 heteroatoms. The largest absolute Gasteiger partial charge is 0.298 e. The highest BCUT2D eigenvalue weighted by Gasteiger charge is 1.92. The molecule has 0 aromatic carbocycles. The van der Waals surface area contributed by atoms with Crippen molar-refractivity contribution in [1.82, 2.24) is 5.01 Å². The van der Waals surface area contributed by atoms with Crippen LogP contribution in [0.3, 0.4) is 0 Å². The normalized spacial score (nSPS) is 11.8. The number of hydrazone groups is 1. The quantitative estimate of drug-likeness (QED) is 0.433. The molecule has 0 N–H and O–H groups in total. The van der Waals surface area contributed by atoms with Crippen molar-refractivity contribution >= 4 is 5.71 Å². The topological polar surface area (TPSA) is 15.6 Å². The van der Waals surface area contributed by atoms with Crippen molar-refractivity contribution in [3.05, 3.63) is 0 Å². The molecule has 0 rings (SSSR count). The summed E-state index contributed by atoms with van der Waals surface area (Å²) in [5.74, 6) is 0. The van der Waals surface area contributed by atoms with Crippen LogP contribution < -0.4 is 0 Å². The van der Waals surface area contributed by atoms with E-state index in [9.17, 15) is 0 Å². The van der Waals surface area contributed by atoms with Gasteiger partial charge < -0.3 is 0 Å². The van der Waals surface area contributed by atoms with E-state index in [1.807, 2.05) is 0 Å². The summed E-state index contributed by atoms with van der Waals surface area (Å²) >= 11 is 0. The fourth-order valence-electron chi connectivity index (χ4n) is 0.677. The molecule has 0 aliphatic heterocycles. The minimum absolute atomic E-state index is 1.01. The first kappa shape index (κ1) is 9.47. The second-order valence-electron chi connectivity index (χ2n) is 2.33. The molecule has 0 bridgehead atoms. The summed E-state index contributed by atoms with van der Waals surface area (Å²) in [7, 11) is 0. The van der Waals surface area contributed by atoms with Gasteiger partial charge in [0.05, 0.1) is 0 Å². The molecule has 0 atom stereocenters. The average molecular weight is 142 g/mol. The van der Waals surface area contributed by atoms with Crippen LogP contribution in [-0.4, -0.2) is 23.8 Å². The van der Waals surface area contributed by atoms with Crippen LogP contribution in [0.2, 0.25) is 0 Å². The molecule has 0 amide bonds. The van der Waals surface area contributed by atoms with E-state index in [1.165, 1.54) is 5.71 Å². The molecule has 0 aliphatic rings. The summed E-state index contributed by atoms with van der Waals surface area (Å²) < 4.78 is 0. The van der Waals surface area contributed by atoms with E-state index >= 15 is 0 Å². The van der Waals surface area contributed by atoms with Crippen molar-refractivity contribution in [1.29, 1.82) is 0 Å². The van der Waals surface area contributed by atoms with Crippen LogP contribution in [0.25, 0.3) is 0 Å². The molecule has 0 saturated heterocycles. The Kier molecular flexibility index (Phi) is 4.99. The summed E-state index contributed by atoms with van der Waals surface area (Å²) in [4.78, 5) is 0. The van der Waals surface area contributed by atoms with Crippen LogP contribution >= 0.6 is 0 Å². The first-order chi connectivity index (χ1) is 4.74. The molecule has 0 radical (unpaired) electrons. The molecule has 0 fully saturated rings. The molecule has 0 heterocycles. The molecule has 0 aliphatic carbocycles. The van der Waals surface area contributed by atoms with E-state index in [0.29, 0.717) is 0 Å². The second-order valence-corrected chi connectivity index (χ2v) is 2.33. The number of nitrogens with zero attached hydrogens (tertiary/aromatic N) is 2. The Bertz CT molecular complexity index is 104. The Morgan fingerprint density at radius 1 is 1.20 bits per heavy atom. The van der Waals surface area contributed by atoms with Crippen LogP contribution in [-0.2, 0) is 0 Å². The Balaban J connectivity index is 3.80. The van der Waals surface area contributed by atoms with Gasteiger partial charge in [-0.15, -0.1) is 0 Å². The van der Waals surface area contributed by atoms with Gasteiger partial charge in [0.15, 0.2) is 0 Å². The van der Waals surface area contributed by atoms with Crippen LogP contribution in [0.4, 0.5) is 0 Å². The van der Waals surface area contributed by atoms with Crippen LogP contribution in [0, 0.1) is 0 Å². The molecule has 0 aromatic rings. The van der Waals surface area contributed by atoms with Gasteiger partial charge >= 0.3 is 0 Å². The highest BCUT2D eigenvalue weighted by molar-refractivity contribution is 5.81. The molecule has 60 valence electrons. The van der Waals surface area contributed by atoms with Gasteiger partial charge in [0.2, 0.25) is 0 Å². The van der Waals surface area contributed by atoms with Crippen LogP contribution in [0.5, 0.6) is 0 Å². The Morgan fingerprint density at radius 3 is 2.00 bits per heavy atom.